The van der Waals surface area contributed by atoms with E-state index in [0.717, 1.165) is 61.5 Å². The molecular weight excluding hydrogens is 672 g/mol. The Labute approximate surface area is 310 Å². The van der Waals surface area contributed by atoms with Gasteiger partial charge in [-0.15, -0.1) is 10.2 Å². The van der Waals surface area contributed by atoms with Crippen molar-refractivity contribution in [1.82, 2.24) is 35.8 Å². The monoisotopic (exact) mass is 722 g/mol. The third-order valence-electron chi connectivity index (χ3n) is 9.91. The number of nitrogens with zero attached hydrogens (tertiary/aromatic N) is 7. The molecule has 53 heavy (non-hydrogen) atoms. The number of nitrogens with one attached hydrogen (secondary N) is 2. The first-order chi connectivity index (χ1) is 25.4. The number of H-pyrrole nitrogens is 1. The second kappa shape index (κ2) is 16.6. The molecule has 1 atom stereocenters. The Bertz CT molecular complexity index is 1830. The van der Waals surface area contributed by atoms with Crippen LogP contribution in [0.3, 0.4) is 0 Å². The van der Waals surface area contributed by atoms with Crippen LogP contribution in [0.15, 0.2) is 66.9 Å². The van der Waals surface area contributed by atoms with E-state index in [1.54, 1.807) is 24.3 Å². The fourth-order valence-corrected chi connectivity index (χ4v) is 6.91. The molecule has 1 aliphatic heterocycles. The topological polar surface area (TPSA) is 176 Å². The summed E-state index contributed by atoms with van der Waals surface area (Å²) in [7, 11) is 2.13. The molecule has 0 bridgehead atoms. The molecule has 0 radical (unpaired) electrons. The molecule has 280 valence electrons. The van der Waals surface area contributed by atoms with Crippen molar-refractivity contribution >= 4 is 29.4 Å². The fourth-order valence-electron chi connectivity index (χ4n) is 6.91. The van der Waals surface area contributed by atoms with Crippen molar-refractivity contribution in [1.29, 1.82) is 0 Å². The first kappa shape index (κ1) is 37.5. The minimum absolute atomic E-state index is 0.206. The Morgan fingerprint density at radius 1 is 0.962 bits per heavy atom. The van der Waals surface area contributed by atoms with Gasteiger partial charge in [-0.25, -0.2) is 14.7 Å². The van der Waals surface area contributed by atoms with Crippen molar-refractivity contribution in [3.05, 3.63) is 72.4 Å². The van der Waals surface area contributed by atoms with E-state index in [1.807, 2.05) is 51.2 Å². The van der Waals surface area contributed by atoms with E-state index in [9.17, 15) is 14.4 Å². The van der Waals surface area contributed by atoms with Crippen molar-refractivity contribution < 1.29 is 19.1 Å². The Morgan fingerprint density at radius 3 is 2.32 bits per heavy atom. The summed E-state index contributed by atoms with van der Waals surface area (Å²) in [5.41, 5.74) is 10.0. The molecule has 1 saturated carbocycles. The van der Waals surface area contributed by atoms with Crippen LogP contribution in [0.1, 0.15) is 52.0 Å². The van der Waals surface area contributed by atoms with E-state index in [4.69, 9.17) is 15.5 Å². The van der Waals surface area contributed by atoms with Crippen molar-refractivity contribution in [2.24, 2.45) is 17.6 Å². The Balaban J connectivity index is 1.14. The SMILES string of the molecule is CN1CCN(c2ccc(-c3cccc(C[C@H](N)C(=O)N(C(=O)C4CCC(CNC(=O)OC(C)(C)C)CC4)c4ccc(-c5nn[nH]n5)cc4)c3)cn2)CC1. The molecule has 3 heterocycles. The first-order valence-electron chi connectivity index (χ1n) is 18.4. The molecule has 2 aliphatic rings. The number of hydrogen-bond acceptors (Lipinski definition) is 11. The second-order valence-electron chi connectivity index (χ2n) is 15.1. The molecule has 2 fully saturated rings. The van der Waals surface area contributed by atoms with Gasteiger partial charge in [0, 0.05) is 56.0 Å². The summed E-state index contributed by atoms with van der Waals surface area (Å²) >= 11 is 0. The number of piperazine rings is 1. The van der Waals surface area contributed by atoms with Crippen molar-refractivity contribution in [3.63, 3.8) is 0 Å². The molecule has 6 rings (SSSR count). The van der Waals surface area contributed by atoms with Crippen LogP contribution in [0.5, 0.6) is 0 Å². The quantitative estimate of drug-likeness (QED) is 0.211. The number of carbonyl (C=O) groups excluding carboxylic acids is 3. The molecule has 0 spiro atoms. The molecule has 4 N–H and O–H groups in total. The molecule has 14 nitrogen and oxygen atoms in total. The van der Waals surface area contributed by atoms with Crippen LogP contribution in [0.25, 0.3) is 22.5 Å². The number of likely N-dealkylation sites (N-methyl/N-ethyl adjacent to an activating group) is 1. The maximum atomic E-state index is 14.2. The maximum absolute atomic E-state index is 14.2. The molecule has 1 saturated heterocycles. The Kier molecular flexibility index (Phi) is 11.8. The molecule has 2 aromatic heterocycles. The zero-order valence-corrected chi connectivity index (χ0v) is 31.0. The number of rotatable bonds is 10. The highest BCUT2D eigenvalue weighted by molar-refractivity contribution is 6.17. The number of pyridine rings is 1. The van der Waals surface area contributed by atoms with Gasteiger partial charge in [0.25, 0.3) is 5.91 Å². The third kappa shape index (κ3) is 9.82. The first-order valence-corrected chi connectivity index (χ1v) is 18.4. The summed E-state index contributed by atoms with van der Waals surface area (Å²) in [6.07, 6.45) is 4.31. The summed E-state index contributed by atoms with van der Waals surface area (Å²) in [5.74, 6) is 0.450. The summed E-state index contributed by atoms with van der Waals surface area (Å²) in [4.78, 5) is 51.3. The average molecular weight is 723 g/mol. The number of aromatic nitrogens is 5. The molecule has 0 unspecified atom stereocenters. The van der Waals surface area contributed by atoms with Crippen LogP contribution >= 0.6 is 0 Å². The van der Waals surface area contributed by atoms with Crippen molar-refractivity contribution in [2.45, 2.75) is 64.5 Å². The smallest absolute Gasteiger partial charge is 0.407 e. The lowest BCUT2D eigenvalue weighted by Gasteiger charge is -2.33. The van der Waals surface area contributed by atoms with Gasteiger partial charge in [0.1, 0.15) is 11.4 Å². The van der Waals surface area contributed by atoms with Crippen LogP contribution in [0.2, 0.25) is 0 Å². The van der Waals surface area contributed by atoms with Gasteiger partial charge >= 0.3 is 6.09 Å². The lowest BCUT2D eigenvalue weighted by atomic mass is 9.81. The van der Waals surface area contributed by atoms with E-state index in [2.05, 4.69) is 54.9 Å². The van der Waals surface area contributed by atoms with Gasteiger partial charge in [-0.3, -0.25) is 9.59 Å². The zero-order valence-electron chi connectivity index (χ0n) is 31.0. The number of carbonyl (C=O) groups is 3. The number of benzene rings is 2. The molecule has 14 heteroatoms. The standard InChI is InChI=1S/C39H50N10O4/c1-39(2,3)53-38(52)42-24-26-8-10-29(11-9-26)36(50)49(32-15-12-28(13-16-32)35-43-45-46-44-35)37(51)33(40)23-27-6-5-7-30(22-27)31-14-17-34(41-25-31)48-20-18-47(4)19-21-48/h5-7,12-17,22,25-26,29,33H,8-11,18-21,23-24,40H2,1-4H3,(H,42,52)(H,43,44,45,46)/t26?,29?,33-/m0/s1. The van der Waals surface area contributed by atoms with Gasteiger partial charge < -0.3 is 25.6 Å². The van der Waals surface area contributed by atoms with E-state index >= 15 is 0 Å². The van der Waals surface area contributed by atoms with Gasteiger partial charge in [-0.2, -0.15) is 5.21 Å². The number of nitrogens with two attached hydrogens (primary N) is 1. The number of ether oxygens (including phenoxy) is 1. The van der Waals surface area contributed by atoms with Gasteiger partial charge in [0.05, 0.1) is 11.7 Å². The Hall–Kier alpha value is -5.21. The van der Waals surface area contributed by atoms with Gasteiger partial charge in [0.15, 0.2) is 0 Å². The minimum Gasteiger partial charge on any atom is -0.444 e. The van der Waals surface area contributed by atoms with Crippen LogP contribution in [-0.4, -0.2) is 99.8 Å². The molecular formula is C39H50N10O4. The lowest BCUT2D eigenvalue weighted by molar-refractivity contribution is -0.130. The number of alkyl carbamates (subject to hydrolysis) is 1. The summed E-state index contributed by atoms with van der Waals surface area (Å²) in [6.45, 7) is 9.85. The molecule has 2 aromatic carbocycles. The maximum Gasteiger partial charge on any atom is 0.407 e. The van der Waals surface area contributed by atoms with E-state index in [0.29, 0.717) is 36.5 Å². The van der Waals surface area contributed by atoms with Crippen molar-refractivity contribution in [2.75, 3.05) is 49.6 Å². The predicted octanol–water partition coefficient (Wildman–Crippen LogP) is 4.44. The molecule has 3 amide bonds. The van der Waals surface area contributed by atoms with E-state index < -0.39 is 23.6 Å². The molecule has 1 aliphatic carbocycles. The van der Waals surface area contributed by atoms with Crippen molar-refractivity contribution in [3.8, 4) is 22.5 Å². The number of anilines is 2. The number of amides is 3. The van der Waals surface area contributed by atoms with E-state index in [1.165, 1.54) is 4.90 Å². The predicted molar refractivity (Wildman–Crippen MR) is 203 cm³/mol. The lowest BCUT2D eigenvalue weighted by Crippen LogP contribution is -2.50. The van der Waals surface area contributed by atoms with Gasteiger partial charge in [0.2, 0.25) is 11.7 Å². The number of tetrazole rings is 1. The number of imide groups is 1. The zero-order chi connectivity index (χ0) is 37.5. The highest BCUT2D eigenvalue weighted by atomic mass is 16.6. The number of hydrogen-bond donors (Lipinski definition) is 3. The summed E-state index contributed by atoms with van der Waals surface area (Å²) in [6, 6.07) is 18.0. The van der Waals surface area contributed by atoms with E-state index in [-0.39, 0.29) is 24.2 Å². The highest BCUT2D eigenvalue weighted by Gasteiger charge is 2.35. The third-order valence-corrected chi connectivity index (χ3v) is 9.91. The summed E-state index contributed by atoms with van der Waals surface area (Å²) in [5, 5.41) is 17.0. The average Bonchev–Trinajstić information content (AvgIpc) is 3.70. The highest BCUT2D eigenvalue weighted by Crippen LogP contribution is 2.32. The number of aromatic amines is 1. The second-order valence-corrected chi connectivity index (χ2v) is 15.1. The van der Waals surface area contributed by atoms with Crippen LogP contribution in [-0.2, 0) is 20.7 Å². The van der Waals surface area contributed by atoms with Crippen LogP contribution in [0, 0.1) is 11.8 Å². The normalized spacial score (nSPS) is 18.6. The molecule has 4 aromatic rings. The fraction of sp³-hybridized carbons (Fsp3) is 0.462. The van der Waals surface area contributed by atoms with Gasteiger partial charge in [-0.05, 0) is 119 Å². The van der Waals surface area contributed by atoms with Crippen LogP contribution in [0.4, 0.5) is 16.3 Å². The van der Waals surface area contributed by atoms with Gasteiger partial charge in [-0.1, -0.05) is 24.3 Å². The minimum atomic E-state index is -0.974. The largest absolute Gasteiger partial charge is 0.444 e. The Morgan fingerprint density at radius 2 is 1.68 bits per heavy atom. The summed E-state index contributed by atoms with van der Waals surface area (Å²) < 4.78 is 5.37. The van der Waals surface area contributed by atoms with Crippen LogP contribution < -0.4 is 20.9 Å².